The first-order valence-electron chi connectivity index (χ1n) is 6.12. The zero-order valence-corrected chi connectivity index (χ0v) is 11.4. The SMILES string of the molecule is C=C1C=C(Oc2ccc(N)c(F)c2C)C=CN1/N=C\C. The number of halogens is 1. The molecule has 0 aromatic heterocycles. The van der Waals surface area contributed by atoms with Crippen LogP contribution < -0.4 is 10.5 Å². The molecular weight excluding hydrogens is 257 g/mol. The Hall–Kier alpha value is -2.56. The van der Waals surface area contributed by atoms with Crippen molar-refractivity contribution < 1.29 is 9.13 Å². The molecule has 1 aliphatic heterocycles. The van der Waals surface area contributed by atoms with Crippen LogP contribution in [0.4, 0.5) is 10.1 Å². The second-order valence-electron chi connectivity index (χ2n) is 4.27. The molecule has 0 unspecified atom stereocenters. The normalized spacial score (nSPS) is 14.8. The van der Waals surface area contributed by atoms with E-state index in [1.54, 1.807) is 42.6 Å². The predicted molar refractivity (Wildman–Crippen MR) is 78.5 cm³/mol. The van der Waals surface area contributed by atoms with Crippen LogP contribution in [0.3, 0.4) is 0 Å². The summed E-state index contributed by atoms with van der Waals surface area (Å²) >= 11 is 0. The molecule has 1 heterocycles. The molecule has 0 atom stereocenters. The van der Waals surface area contributed by atoms with Crippen LogP contribution in [0.5, 0.6) is 5.75 Å². The molecule has 0 spiro atoms. The second-order valence-corrected chi connectivity index (χ2v) is 4.27. The summed E-state index contributed by atoms with van der Waals surface area (Å²) in [6.45, 7) is 7.31. The molecule has 1 aliphatic rings. The fourth-order valence-electron chi connectivity index (χ4n) is 1.74. The van der Waals surface area contributed by atoms with Gasteiger partial charge in [-0.1, -0.05) is 6.58 Å². The van der Waals surface area contributed by atoms with Gasteiger partial charge >= 0.3 is 0 Å². The van der Waals surface area contributed by atoms with Crippen LogP contribution >= 0.6 is 0 Å². The minimum absolute atomic E-state index is 0.107. The van der Waals surface area contributed by atoms with Crippen molar-refractivity contribution in [3.8, 4) is 5.75 Å². The number of benzene rings is 1. The van der Waals surface area contributed by atoms with Gasteiger partial charge in [-0.15, -0.1) is 0 Å². The van der Waals surface area contributed by atoms with Crippen LogP contribution in [0, 0.1) is 12.7 Å². The first kappa shape index (κ1) is 13.9. The lowest BCUT2D eigenvalue weighted by atomic mass is 10.2. The van der Waals surface area contributed by atoms with E-state index < -0.39 is 5.82 Å². The lowest BCUT2D eigenvalue weighted by Crippen LogP contribution is -2.12. The third-order valence-corrected chi connectivity index (χ3v) is 2.82. The highest BCUT2D eigenvalue weighted by molar-refractivity contribution is 5.53. The Labute approximate surface area is 117 Å². The zero-order valence-electron chi connectivity index (χ0n) is 11.4. The first-order chi connectivity index (χ1) is 9.52. The monoisotopic (exact) mass is 273 g/mol. The summed E-state index contributed by atoms with van der Waals surface area (Å²) in [4.78, 5) is 0. The van der Waals surface area contributed by atoms with E-state index in [9.17, 15) is 4.39 Å². The zero-order chi connectivity index (χ0) is 14.7. The minimum atomic E-state index is -0.459. The predicted octanol–water partition coefficient (Wildman–Crippen LogP) is 3.33. The highest BCUT2D eigenvalue weighted by atomic mass is 19.1. The molecule has 104 valence electrons. The number of hydrogen-bond acceptors (Lipinski definition) is 4. The van der Waals surface area contributed by atoms with Crippen LogP contribution in [0.15, 0.2) is 53.6 Å². The summed E-state index contributed by atoms with van der Waals surface area (Å²) in [5.74, 6) is 0.525. The molecule has 0 bridgehead atoms. The smallest absolute Gasteiger partial charge is 0.152 e. The summed E-state index contributed by atoms with van der Waals surface area (Å²) in [7, 11) is 0. The molecule has 0 saturated carbocycles. The van der Waals surface area contributed by atoms with Gasteiger partial charge in [0.2, 0.25) is 0 Å². The summed E-state index contributed by atoms with van der Waals surface area (Å²) in [6, 6.07) is 3.12. The topological polar surface area (TPSA) is 50.9 Å². The van der Waals surface area contributed by atoms with E-state index in [4.69, 9.17) is 10.5 Å². The lowest BCUT2D eigenvalue weighted by molar-refractivity contribution is 0.418. The largest absolute Gasteiger partial charge is 0.457 e. The number of nitrogens with two attached hydrogens (primary N) is 1. The van der Waals surface area contributed by atoms with Gasteiger partial charge in [0, 0.05) is 24.1 Å². The number of allylic oxidation sites excluding steroid dienone is 2. The van der Waals surface area contributed by atoms with Gasteiger partial charge in [0.1, 0.15) is 11.5 Å². The number of hydrogen-bond donors (Lipinski definition) is 1. The van der Waals surface area contributed by atoms with Crippen molar-refractivity contribution in [3.05, 3.63) is 59.9 Å². The maximum atomic E-state index is 13.7. The Morgan fingerprint density at radius 3 is 2.85 bits per heavy atom. The van der Waals surface area contributed by atoms with Crippen molar-refractivity contribution in [1.82, 2.24) is 5.01 Å². The first-order valence-corrected chi connectivity index (χ1v) is 6.12. The van der Waals surface area contributed by atoms with Gasteiger partial charge < -0.3 is 10.5 Å². The second kappa shape index (κ2) is 5.61. The molecule has 0 fully saturated rings. The molecule has 0 saturated heterocycles. The molecule has 1 aromatic rings. The molecule has 0 radical (unpaired) electrons. The maximum Gasteiger partial charge on any atom is 0.152 e. The maximum absolute atomic E-state index is 13.7. The van der Waals surface area contributed by atoms with Gasteiger partial charge in [0.05, 0.1) is 11.4 Å². The molecule has 0 aliphatic carbocycles. The average Bonchev–Trinajstić information content (AvgIpc) is 2.43. The van der Waals surface area contributed by atoms with Crippen molar-refractivity contribution in [2.24, 2.45) is 5.10 Å². The van der Waals surface area contributed by atoms with Crippen LogP contribution in [0.1, 0.15) is 12.5 Å². The van der Waals surface area contributed by atoms with Crippen molar-refractivity contribution >= 4 is 11.9 Å². The number of hydrazone groups is 1. The van der Waals surface area contributed by atoms with Crippen molar-refractivity contribution in [3.63, 3.8) is 0 Å². The van der Waals surface area contributed by atoms with Crippen LogP contribution in [0.2, 0.25) is 0 Å². The highest BCUT2D eigenvalue weighted by Gasteiger charge is 2.12. The third kappa shape index (κ3) is 2.71. The van der Waals surface area contributed by atoms with E-state index in [0.29, 0.717) is 22.8 Å². The Morgan fingerprint density at radius 1 is 1.45 bits per heavy atom. The van der Waals surface area contributed by atoms with E-state index in [2.05, 4.69) is 11.7 Å². The van der Waals surface area contributed by atoms with Gasteiger partial charge in [-0.25, -0.2) is 9.40 Å². The van der Waals surface area contributed by atoms with E-state index in [1.165, 1.54) is 6.07 Å². The summed E-state index contributed by atoms with van der Waals surface area (Å²) < 4.78 is 19.4. The molecule has 20 heavy (non-hydrogen) atoms. The third-order valence-electron chi connectivity index (χ3n) is 2.82. The van der Waals surface area contributed by atoms with Gasteiger partial charge in [0.15, 0.2) is 5.82 Å². The molecular formula is C15H16FN3O. The number of rotatable bonds is 3. The number of nitrogen functional groups attached to an aromatic ring is 1. The van der Waals surface area contributed by atoms with E-state index >= 15 is 0 Å². The van der Waals surface area contributed by atoms with Gasteiger partial charge in [-0.05, 0) is 32.1 Å². The summed E-state index contributed by atoms with van der Waals surface area (Å²) in [6.07, 6.45) is 6.84. The van der Waals surface area contributed by atoms with Crippen LogP contribution in [-0.4, -0.2) is 11.2 Å². The lowest BCUT2D eigenvalue weighted by Gasteiger charge is -2.20. The van der Waals surface area contributed by atoms with Crippen molar-refractivity contribution in [2.45, 2.75) is 13.8 Å². The Bertz CT molecular complexity index is 632. The van der Waals surface area contributed by atoms with E-state index in [0.717, 1.165) is 0 Å². The van der Waals surface area contributed by atoms with Gasteiger partial charge in [0.25, 0.3) is 0 Å². The highest BCUT2D eigenvalue weighted by Crippen LogP contribution is 2.28. The standard InChI is InChI=1S/C15H16FN3O/c1-4-18-19-8-7-12(9-10(19)2)20-14-6-5-13(17)15(16)11(14)3/h4-9H,2,17H2,1,3H3/b18-4-. The van der Waals surface area contributed by atoms with Crippen molar-refractivity contribution in [2.75, 3.05) is 5.73 Å². The Balaban J connectivity index is 2.21. The van der Waals surface area contributed by atoms with Crippen molar-refractivity contribution in [1.29, 1.82) is 0 Å². The van der Waals surface area contributed by atoms with Crippen LogP contribution in [0.25, 0.3) is 0 Å². The summed E-state index contributed by atoms with van der Waals surface area (Å²) in [5, 5.41) is 5.71. The fourth-order valence-corrected chi connectivity index (χ4v) is 1.74. The molecule has 4 nitrogen and oxygen atoms in total. The van der Waals surface area contributed by atoms with E-state index in [-0.39, 0.29) is 5.69 Å². The Morgan fingerprint density at radius 2 is 2.20 bits per heavy atom. The number of nitrogens with zero attached hydrogens (tertiary/aromatic N) is 2. The van der Waals surface area contributed by atoms with Gasteiger partial charge in [-0.2, -0.15) is 5.10 Å². The Kier molecular flexibility index (Phi) is 3.89. The molecule has 5 heteroatoms. The number of ether oxygens (including phenoxy) is 1. The molecule has 2 N–H and O–H groups in total. The fraction of sp³-hybridized carbons (Fsp3) is 0.133. The molecule has 1 aromatic carbocycles. The van der Waals surface area contributed by atoms with Crippen LogP contribution in [-0.2, 0) is 0 Å². The number of anilines is 1. The van der Waals surface area contributed by atoms with E-state index in [1.807, 2.05) is 6.92 Å². The minimum Gasteiger partial charge on any atom is -0.457 e. The molecule has 2 rings (SSSR count). The average molecular weight is 273 g/mol. The van der Waals surface area contributed by atoms with Gasteiger partial charge in [-0.3, -0.25) is 0 Å². The summed E-state index contributed by atoms with van der Waals surface area (Å²) in [5.41, 5.74) is 6.64. The quantitative estimate of drug-likeness (QED) is 0.679. The molecule has 0 amide bonds.